The van der Waals surface area contributed by atoms with Crippen LogP contribution in [0.25, 0.3) is 0 Å². The highest BCUT2D eigenvalue weighted by atomic mass is 79.9. The van der Waals surface area contributed by atoms with Gasteiger partial charge in [0.2, 0.25) is 0 Å². The fourth-order valence-electron chi connectivity index (χ4n) is 1.80. The number of nitrogens with zero attached hydrogens (tertiary/aromatic N) is 2. The first-order valence-electron chi connectivity index (χ1n) is 5.13. The molecule has 96 valence electrons. The quantitative estimate of drug-likeness (QED) is 0.661. The van der Waals surface area contributed by atoms with E-state index >= 15 is 0 Å². The van der Waals surface area contributed by atoms with Crippen molar-refractivity contribution in [2.75, 3.05) is 0 Å². The number of aromatic nitrogens is 2. The molecule has 0 bridgehead atoms. The van der Waals surface area contributed by atoms with Crippen LogP contribution in [0.3, 0.4) is 0 Å². The third kappa shape index (κ3) is 2.55. The van der Waals surface area contributed by atoms with E-state index in [-0.39, 0.29) is 6.04 Å². The summed E-state index contributed by atoms with van der Waals surface area (Å²) >= 11 is 15.6. The van der Waals surface area contributed by atoms with Crippen molar-refractivity contribution < 1.29 is 0 Å². The largest absolute Gasteiger partial charge is 0.271 e. The van der Waals surface area contributed by atoms with Gasteiger partial charge in [0.05, 0.1) is 22.4 Å². The van der Waals surface area contributed by atoms with Crippen molar-refractivity contribution in [3.63, 3.8) is 0 Å². The number of halogens is 3. The number of nitrogens with two attached hydrogens (primary N) is 1. The van der Waals surface area contributed by atoms with Gasteiger partial charge in [-0.25, -0.2) is 5.43 Å². The van der Waals surface area contributed by atoms with Gasteiger partial charge in [-0.05, 0) is 39.7 Å². The summed E-state index contributed by atoms with van der Waals surface area (Å²) in [5.41, 5.74) is 4.41. The average Bonchev–Trinajstić information content (AvgIpc) is 2.66. The van der Waals surface area contributed by atoms with Crippen molar-refractivity contribution in [1.29, 1.82) is 0 Å². The van der Waals surface area contributed by atoms with Gasteiger partial charge in [-0.1, -0.05) is 23.2 Å². The maximum atomic E-state index is 6.19. The molecule has 1 aromatic carbocycles. The molecule has 3 N–H and O–H groups in total. The van der Waals surface area contributed by atoms with Crippen molar-refractivity contribution in [2.24, 2.45) is 12.9 Å². The summed E-state index contributed by atoms with van der Waals surface area (Å²) in [5.74, 6) is 5.64. The molecule has 7 heteroatoms. The van der Waals surface area contributed by atoms with Gasteiger partial charge in [0.25, 0.3) is 0 Å². The second-order valence-corrected chi connectivity index (χ2v) is 5.46. The number of nitrogens with one attached hydrogen (secondary N) is 1. The van der Waals surface area contributed by atoms with Gasteiger partial charge in [-0.3, -0.25) is 10.5 Å². The topological polar surface area (TPSA) is 55.9 Å². The van der Waals surface area contributed by atoms with Gasteiger partial charge in [-0.15, -0.1) is 0 Å². The third-order valence-electron chi connectivity index (χ3n) is 2.65. The summed E-state index contributed by atoms with van der Waals surface area (Å²) < 4.78 is 2.58. The molecule has 2 rings (SSSR count). The molecule has 1 heterocycles. The van der Waals surface area contributed by atoms with Gasteiger partial charge in [0.1, 0.15) is 0 Å². The van der Waals surface area contributed by atoms with E-state index in [1.807, 2.05) is 7.05 Å². The maximum Gasteiger partial charge on any atom is 0.0904 e. The van der Waals surface area contributed by atoms with E-state index in [4.69, 9.17) is 29.0 Å². The Morgan fingerprint density at radius 3 is 2.72 bits per heavy atom. The zero-order chi connectivity index (χ0) is 13.3. The molecule has 0 fully saturated rings. The Morgan fingerprint density at radius 2 is 2.17 bits per heavy atom. The van der Waals surface area contributed by atoms with Crippen LogP contribution in [0.2, 0.25) is 10.0 Å². The molecule has 0 aliphatic rings. The van der Waals surface area contributed by atoms with Crippen molar-refractivity contribution >= 4 is 39.1 Å². The van der Waals surface area contributed by atoms with Crippen molar-refractivity contribution in [3.8, 4) is 0 Å². The number of hydrazine groups is 1. The number of benzene rings is 1. The van der Waals surface area contributed by atoms with Crippen LogP contribution in [0, 0.1) is 0 Å². The zero-order valence-electron chi connectivity index (χ0n) is 9.49. The Hall–Kier alpha value is -0.590. The highest BCUT2D eigenvalue weighted by Gasteiger charge is 2.22. The summed E-state index contributed by atoms with van der Waals surface area (Å²) in [5, 5.41) is 5.36. The van der Waals surface area contributed by atoms with Crippen molar-refractivity contribution in [1.82, 2.24) is 15.2 Å². The number of hydrogen-bond donors (Lipinski definition) is 2. The summed E-state index contributed by atoms with van der Waals surface area (Å²) in [6, 6.07) is 4.97. The predicted octanol–water partition coefficient (Wildman–Crippen LogP) is 3.04. The SMILES string of the molecule is Cn1ncc(Br)c1C(NN)c1cc(Cl)ccc1Cl. The van der Waals surface area contributed by atoms with Gasteiger partial charge in [0, 0.05) is 17.1 Å². The first-order chi connectivity index (χ1) is 8.54. The molecule has 0 spiro atoms. The van der Waals surface area contributed by atoms with E-state index in [1.165, 1.54) is 0 Å². The molecule has 0 radical (unpaired) electrons. The minimum atomic E-state index is -0.293. The minimum Gasteiger partial charge on any atom is -0.271 e. The fourth-order valence-corrected chi connectivity index (χ4v) is 2.78. The Balaban J connectivity index is 2.55. The maximum absolute atomic E-state index is 6.19. The standard InChI is InChI=1S/C11H11BrCl2N4/c1-18-11(8(12)5-16-18)10(17-15)7-4-6(13)2-3-9(7)14/h2-5,10,17H,15H2,1H3. The van der Waals surface area contributed by atoms with Gasteiger partial charge in [0.15, 0.2) is 0 Å². The Morgan fingerprint density at radius 1 is 1.44 bits per heavy atom. The zero-order valence-corrected chi connectivity index (χ0v) is 12.6. The van der Waals surface area contributed by atoms with Crippen LogP contribution in [-0.2, 0) is 7.05 Å². The van der Waals surface area contributed by atoms with Crippen LogP contribution < -0.4 is 11.3 Å². The van der Waals surface area contributed by atoms with Gasteiger partial charge >= 0.3 is 0 Å². The van der Waals surface area contributed by atoms with Gasteiger partial charge < -0.3 is 0 Å². The lowest BCUT2D eigenvalue weighted by molar-refractivity contribution is 0.573. The molecule has 1 unspecified atom stereocenters. The second kappa shape index (κ2) is 5.59. The smallest absolute Gasteiger partial charge is 0.0904 e. The molecule has 0 saturated carbocycles. The molecular formula is C11H11BrCl2N4. The van der Waals surface area contributed by atoms with Crippen molar-refractivity contribution in [2.45, 2.75) is 6.04 Å². The highest BCUT2D eigenvalue weighted by Crippen LogP contribution is 2.33. The molecular weight excluding hydrogens is 339 g/mol. The lowest BCUT2D eigenvalue weighted by atomic mass is 10.0. The Bertz CT molecular complexity index is 551. The van der Waals surface area contributed by atoms with Crippen molar-refractivity contribution in [3.05, 3.63) is 50.2 Å². The lowest BCUT2D eigenvalue weighted by Gasteiger charge is -2.19. The molecule has 18 heavy (non-hydrogen) atoms. The van der Waals surface area contributed by atoms with Crippen LogP contribution in [0.4, 0.5) is 0 Å². The summed E-state index contributed by atoms with van der Waals surface area (Å²) in [6.07, 6.45) is 1.71. The number of aryl methyl sites for hydroxylation is 1. The highest BCUT2D eigenvalue weighted by molar-refractivity contribution is 9.10. The van der Waals surface area contributed by atoms with E-state index in [9.17, 15) is 0 Å². The normalized spacial score (nSPS) is 12.7. The number of hydrogen-bond acceptors (Lipinski definition) is 3. The van der Waals surface area contributed by atoms with Crippen LogP contribution in [0.15, 0.2) is 28.9 Å². The molecule has 0 amide bonds. The molecule has 4 nitrogen and oxygen atoms in total. The number of rotatable bonds is 3. The predicted molar refractivity (Wildman–Crippen MR) is 76.5 cm³/mol. The van der Waals surface area contributed by atoms with E-state index in [2.05, 4.69) is 26.5 Å². The minimum absolute atomic E-state index is 0.293. The molecule has 0 aliphatic heterocycles. The van der Waals surface area contributed by atoms with E-state index in [0.717, 1.165) is 15.7 Å². The van der Waals surface area contributed by atoms with Crippen LogP contribution >= 0.6 is 39.1 Å². The average molecular weight is 350 g/mol. The molecule has 1 atom stereocenters. The molecule has 0 aliphatic carbocycles. The van der Waals surface area contributed by atoms with Gasteiger partial charge in [-0.2, -0.15) is 5.10 Å². The van der Waals surface area contributed by atoms with Crippen LogP contribution in [0.1, 0.15) is 17.3 Å². The molecule has 1 aromatic heterocycles. The Labute approximate surface area is 123 Å². The fraction of sp³-hybridized carbons (Fsp3) is 0.182. The van der Waals surface area contributed by atoms with Crippen LogP contribution in [-0.4, -0.2) is 9.78 Å². The first kappa shape index (κ1) is 13.8. The Kier molecular flexibility index (Phi) is 4.29. The van der Waals surface area contributed by atoms with E-state index < -0.39 is 0 Å². The first-order valence-corrected chi connectivity index (χ1v) is 6.68. The van der Waals surface area contributed by atoms with E-state index in [0.29, 0.717) is 10.0 Å². The second-order valence-electron chi connectivity index (χ2n) is 3.77. The lowest BCUT2D eigenvalue weighted by Crippen LogP contribution is -2.30. The molecule has 2 aromatic rings. The van der Waals surface area contributed by atoms with Crippen LogP contribution in [0.5, 0.6) is 0 Å². The summed E-state index contributed by atoms with van der Waals surface area (Å²) in [4.78, 5) is 0. The summed E-state index contributed by atoms with van der Waals surface area (Å²) in [6.45, 7) is 0. The third-order valence-corrected chi connectivity index (χ3v) is 3.84. The molecule has 0 saturated heterocycles. The van der Waals surface area contributed by atoms with E-state index in [1.54, 1.807) is 29.1 Å². The monoisotopic (exact) mass is 348 g/mol. The summed E-state index contributed by atoms with van der Waals surface area (Å²) in [7, 11) is 1.84.